The first-order valence-corrected chi connectivity index (χ1v) is 8.65. The molecule has 0 spiro atoms. The van der Waals surface area contributed by atoms with Gasteiger partial charge in [0.1, 0.15) is 17.3 Å². The molecular formula is C20H22BrFN2O2. The molecule has 0 bridgehead atoms. The molecule has 1 atom stereocenters. The molecule has 4 rings (SSSR count). The third-order valence-corrected chi connectivity index (χ3v) is 5.12. The fraction of sp³-hybridized carbons (Fsp3) is 0.350. The van der Waals surface area contributed by atoms with E-state index in [1.807, 2.05) is 29.2 Å². The van der Waals surface area contributed by atoms with Crippen LogP contribution in [0.15, 0.2) is 48.5 Å². The Kier molecular flexibility index (Phi) is 5.34. The van der Waals surface area contributed by atoms with Crippen LogP contribution in [0.2, 0.25) is 0 Å². The maximum absolute atomic E-state index is 13.4. The molecule has 2 aromatic carbocycles. The Morgan fingerprint density at radius 1 is 1.08 bits per heavy atom. The van der Waals surface area contributed by atoms with E-state index in [0.29, 0.717) is 12.1 Å². The summed E-state index contributed by atoms with van der Waals surface area (Å²) in [5.74, 6) is 1.61. The van der Waals surface area contributed by atoms with E-state index in [4.69, 9.17) is 4.74 Å². The van der Waals surface area contributed by atoms with Gasteiger partial charge in [-0.3, -0.25) is 4.58 Å². The van der Waals surface area contributed by atoms with E-state index in [-0.39, 0.29) is 22.8 Å². The van der Waals surface area contributed by atoms with E-state index < -0.39 is 5.72 Å². The summed E-state index contributed by atoms with van der Waals surface area (Å²) in [7, 11) is 1.64. The van der Waals surface area contributed by atoms with Gasteiger partial charge in [-0.2, -0.15) is 4.90 Å². The molecular weight excluding hydrogens is 399 g/mol. The lowest BCUT2D eigenvalue weighted by Crippen LogP contribution is -3.00. The van der Waals surface area contributed by atoms with Crippen LogP contribution in [0.1, 0.15) is 24.8 Å². The highest BCUT2D eigenvalue weighted by atomic mass is 79.9. The molecule has 0 fully saturated rings. The first kappa shape index (κ1) is 18.9. The molecule has 4 nitrogen and oxygen atoms in total. The number of ether oxygens (including phenoxy) is 1. The summed E-state index contributed by atoms with van der Waals surface area (Å²) in [5, 5.41) is 11.6. The van der Waals surface area contributed by atoms with E-state index >= 15 is 0 Å². The molecule has 26 heavy (non-hydrogen) atoms. The van der Waals surface area contributed by atoms with E-state index in [1.165, 1.54) is 12.1 Å². The number of nitrogens with zero attached hydrogens (tertiary/aromatic N) is 2. The van der Waals surface area contributed by atoms with Crippen LogP contribution < -0.4 is 26.6 Å². The minimum atomic E-state index is -1.21. The minimum absolute atomic E-state index is 0. The van der Waals surface area contributed by atoms with Crippen molar-refractivity contribution in [1.29, 1.82) is 0 Å². The number of hydrogen-bond donors (Lipinski definition) is 1. The third kappa shape index (κ3) is 3.12. The molecule has 0 saturated carbocycles. The van der Waals surface area contributed by atoms with Crippen molar-refractivity contribution in [2.75, 3.05) is 25.1 Å². The van der Waals surface area contributed by atoms with E-state index in [1.54, 1.807) is 19.2 Å². The zero-order valence-corrected chi connectivity index (χ0v) is 16.2. The number of halogens is 2. The summed E-state index contributed by atoms with van der Waals surface area (Å²) in [4.78, 5) is 2.00. The van der Waals surface area contributed by atoms with Gasteiger partial charge in [0, 0.05) is 12.0 Å². The summed E-state index contributed by atoms with van der Waals surface area (Å²) in [6.45, 7) is 1.42. The number of rotatable bonds is 3. The summed E-state index contributed by atoms with van der Waals surface area (Å²) in [5.41, 5.74) is 0.403. The average Bonchev–Trinajstić information content (AvgIpc) is 2.95. The highest BCUT2D eigenvalue weighted by Crippen LogP contribution is 2.38. The van der Waals surface area contributed by atoms with Crippen molar-refractivity contribution in [3.63, 3.8) is 0 Å². The van der Waals surface area contributed by atoms with Crippen molar-refractivity contribution >= 4 is 11.5 Å². The molecule has 0 radical (unpaired) electrons. The summed E-state index contributed by atoms with van der Waals surface area (Å²) >= 11 is 0. The maximum Gasteiger partial charge on any atom is 0.275 e. The van der Waals surface area contributed by atoms with Crippen LogP contribution >= 0.6 is 0 Å². The van der Waals surface area contributed by atoms with Crippen LogP contribution in [0.5, 0.6) is 5.75 Å². The van der Waals surface area contributed by atoms with Gasteiger partial charge in [0.2, 0.25) is 0 Å². The highest BCUT2D eigenvalue weighted by molar-refractivity contribution is 5.97. The van der Waals surface area contributed by atoms with Crippen molar-refractivity contribution in [2.45, 2.75) is 25.0 Å². The van der Waals surface area contributed by atoms with Crippen molar-refractivity contribution in [3.05, 3.63) is 59.9 Å². The fourth-order valence-corrected chi connectivity index (χ4v) is 3.88. The van der Waals surface area contributed by atoms with Gasteiger partial charge in [-0.15, -0.1) is 0 Å². The predicted molar refractivity (Wildman–Crippen MR) is 94.6 cm³/mol. The first-order chi connectivity index (χ1) is 12.1. The zero-order chi connectivity index (χ0) is 17.4. The molecule has 138 valence electrons. The highest BCUT2D eigenvalue weighted by Gasteiger charge is 2.54. The Labute approximate surface area is 163 Å². The fourth-order valence-electron chi connectivity index (χ4n) is 3.88. The van der Waals surface area contributed by atoms with Crippen molar-refractivity contribution in [1.82, 2.24) is 0 Å². The standard InChI is InChI=1S/C20H22FN2O2.BrH/c1-25-18-11-9-17(10-12-18)23-19-4-2-3-13-22(19)14-20(23,24)15-5-7-16(21)8-6-15;/h5-12,24H,2-4,13-14H2,1H3;1H/q+1;/p-1. The number of benzene rings is 2. The smallest absolute Gasteiger partial charge is 0.275 e. The molecule has 2 aliphatic rings. The quantitative estimate of drug-likeness (QED) is 0.715. The van der Waals surface area contributed by atoms with E-state index in [0.717, 1.165) is 43.1 Å². The minimum Gasteiger partial charge on any atom is -1.00 e. The second kappa shape index (κ2) is 7.37. The van der Waals surface area contributed by atoms with Crippen molar-refractivity contribution < 1.29 is 35.8 Å². The van der Waals surface area contributed by atoms with Gasteiger partial charge in [-0.05, 0) is 61.4 Å². The number of anilines is 1. The molecule has 0 aliphatic carbocycles. The van der Waals surface area contributed by atoms with Crippen molar-refractivity contribution in [2.24, 2.45) is 0 Å². The number of aliphatic hydroxyl groups is 1. The lowest BCUT2D eigenvalue weighted by atomic mass is 10.0. The van der Waals surface area contributed by atoms with Gasteiger partial charge >= 0.3 is 0 Å². The van der Waals surface area contributed by atoms with Gasteiger partial charge in [0.05, 0.1) is 13.7 Å². The zero-order valence-electron chi connectivity index (χ0n) is 14.7. The largest absolute Gasteiger partial charge is 1.00 e. The van der Waals surface area contributed by atoms with Gasteiger partial charge in [-0.1, -0.05) is 0 Å². The van der Waals surface area contributed by atoms with Gasteiger partial charge < -0.3 is 26.8 Å². The molecule has 1 unspecified atom stereocenters. The van der Waals surface area contributed by atoms with E-state index in [2.05, 4.69) is 4.58 Å². The normalized spacial score (nSPS) is 22.0. The van der Waals surface area contributed by atoms with Crippen LogP contribution in [0.4, 0.5) is 10.1 Å². The molecule has 0 amide bonds. The Hall–Kier alpha value is -1.92. The Morgan fingerprint density at radius 2 is 1.77 bits per heavy atom. The second-order valence-electron chi connectivity index (χ2n) is 6.65. The van der Waals surface area contributed by atoms with Gasteiger partial charge in [0.15, 0.2) is 6.54 Å². The van der Waals surface area contributed by atoms with Crippen LogP contribution in [0.25, 0.3) is 0 Å². The predicted octanol–water partition coefficient (Wildman–Crippen LogP) is 0.0985. The number of amidine groups is 1. The Morgan fingerprint density at radius 3 is 2.42 bits per heavy atom. The number of hydrogen-bond acceptors (Lipinski definition) is 3. The maximum atomic E-state index is 13.4. The Balaban J connectivity index is 0.00000196. The molecule has 2 heterocycles. The van der Waals surface area contributed by atoms with Crippen LogP contribution in [-0.2, 0) is 5.72 Å². The lowest BCUT2D eigenvalue weighted by Gasteiger charge is -2.29. The first-order valence-electron chi connectivity index (χ1n) is 8.65. The third-order valence-electron chi connectivity index (χ3n) is 5.12. The van der Waals surface area contributed by atoms with Crippen LogP contribution in [0.3, 0.4) is 0 Å². The second-order valence-corrected chi connectivity index (χ2v) is 6.65. The van der Waals surface area contributed by atoms with Gasteiger partial charge in [0.25, 0.3) is 11.6 Å². The lowest BCUT2D eigenvalue weighted by molar-refractivity contribution is -0.538. The SMILES string of the molecule is COc1ccc(N2C3=[N+](CCCC3)CC2(O)c2ccc(F)cc2)cc1.[Br-]. The van der Waals surface area contributed by atoms with E-state index in [9.17, 15) is 9.50 Å². The monoisotopic (exact) mass is 420 g/mol. The molecule has 0 saturated heterocycles. The molecule has 2 aromatic rings. The Bertz CT molecular complexity index is 808. The average molecular weight is 421 g/mol. The summed E-state index contributed by atoms with van der Waals surface area (Å²) < 4.78 is 20.9. The number of methoxy groups -OCH3 is 1. The molecule has 2 aliphatic heterocycles. The van der Waals surface area contributed by atoms with Crippen molar-refractivity contribution in [3.8, 4) is 5.75 Å². The topological polar surface area (TPSA) is 35.7 Å². The van der Waals surface area contributed by atoms with Crippen LogP contribution in [0, 0.1) is 5.82 Å². The van der Waals surface area contributed by atoms with Gasteiger partial charge in [-0.25, -0.2) is 4.39 Å². The van der Waals surface area contributed by atoms with Crippen LogP contribution in [-0.4, -0.2) is 35.7 Å². The summed E-state index contributed by atoms with van der Waals surface area (Å²) in [6, 6.07) is 13.9. The molecule has 1 N–H and O–H groups in total. The summed E-state index contributed by atoms with van der Waals surface area (Å²) in [6.07, 6.45) is 3.16. The molecule has 0 aromatic heterocycles. The molecule has 6 heteroatoms.